The standard InChI is InChI=1S/C26H30N2O6/c1-33-17-12-14-28(15-13-17)25(31)23(10-11-24(29)30)27-26(32)34-16-22-20-8-4-2-6-18(20)19-7-3-5-9-21(19)22/h2-9,17,22-23H,10-16H2,1H3,(H,27,32)(H,29,30). The third kappa shape index (κ3) is 5.22. The van der Waals surface area contributed by atoms with E-state index in [1.807, 2.05) is 36.4 Å². The smallest absolute Gasteiger partial charge is 0.407 e. The maximum absolute atomic E-state index is 13.1. The molecular weight excluding hydrogens is 436 g/mol. The lowest BCUT2D eigenvalue weighted by Gasteiger charge is -2.33. The fourth-order valence-corrected chi connectivity index (χ4v) is 4.84. The maximum atomic E-state index is 13.1. The van der Waals surface area contributed by atoms with Crippen molar-refractivity contribution in [2.45, 2.75) is 43.7 Å². The Kier molecular flexibility index (Phi) is 7.47. The van der Waals surface area contributed by atoms with E-state index in [1.165, 1.54) is 0 Å². The van der Waals surface area contributed by atoms with Crippen LogP contribution in [-0.4, -0.2) is 66.9 Å². The molecule has 0 bridgehead atoms. The van der Waals surface area contributed by atoms with Crippen molar-refractivity contribution in [1.29, 1.82) is 0 Å². The number of rotatable bonds is 8. The molecule has 0 saturated carbocycles. The number of benzene rings is 2. The number of likely N-dealkylation sites (tertiary alicyclic amines) is 1. The molecular formula is C26H30N2O6. The van der Waals surface area contributed by atoms with Gasteiger partial charge in [-0.15, -0.1) is 0 Å². The maximum Gasteiger partial charge on any atom is 0.407 e. The van der Waals surface area contributed by atoms with Gasteiger partial charge in [0.25, 0.3) is 0 Å². The van der Waals surface area contributed by atoms with E-state index in [0.29, 0.717) is 25.9 Å². The highest BCUT2D eigenvalue weighted by molar-refractivity contribution is 5.86. The lowest BCUT2D eigenvalue weighted by Crippen LogP contribution is -2.51. The first-order valence-electron chi connectivity index (χ1n) is 11.6. The van der Waals surface area contributed by atoms with Crippen molar-refractivity contribution < 1.29 is 29.0 Å². The van der Waals surface area contributed by atoms with E-state index in [-0.39, 0.29) is 37.4 Å². The van der Waals surface area contributed by atoms with Crippen molar-refractivity contribution in [2.24, 2.45) is 0 Å². The number of fused-ring (bicyclic) bond motifs is 3. The third-order valence-corrected chi connectivity index (χ3v) is 6.67. The molecule has 2 N–H and O–H groups in total. The van der Waals surface area contributed by atoms with Crippen LogP contribution in [0.25, 0.3) is 11.1 Å². The summed E-state index contributed by atoms with van der Waals surface area (Å²) in [6.07, 6.45) is 0.573. The predicted octanol–water partition coefficient (Wildman–Crippen LogP) is 3.40. The molecule has 2 amide bonds. The molecule has 2 aromatic rings. The summed E-state index contributed by atoms with van der Waals surface area (Å²) in [7, 11) is 1.65. The second kappa shape index (κ2) is 10.7. The monoisotopic (exact) mass is 466 g/mol. The largest absolute Gasteiger partial charge is 0.481 e. The minimum Gasteiger partial charge on any atom is -0.481 e. The van der Waals surface area contributed by atoms with Crippen LogP contribution in [0.1, 0.15) is 42.7 Å². The Labute approximate surface area is 198 Å². The summed E-state index contributed by atoms with van der Waals surface area (Å²) in [5.74, 6) is -1.41. The highest BCUT2D eigenvalue weighted by Crippen LogP contribution is 2.44. The van der Waals surface area contributed by atoms with E-state index < -0.39 is 18.1 Å². The number of hydrogen-bond donors (Lipinski definition) is 2. The fourth-order valence-electron chi connectivity index (χ4n) is 4.84. The molecule has 8 heteroatoms. The van der Waals surface area contributed by atoms with Crippen LogP contribution in [0.4, 0.5) is 4.79 Å². The Balaban J connectivity index is 1.40. The number of carbonyl (C=O) groups excluding carboxylic acids is 2. The van der Waals surface area contributed by atoms with Gasteiger partial charge >= 0.3 is 12.1 Å². The molecule has 0 spiro atoms. The Bertz CT molecular complexity index is 1000. The molecule has 0 aromatic heterocycles. The first kappa shape index (κ1) is 23.8. The third-order valence-electron chi connectivity index (χ3n) is 6.67. The Hall–Kier alpha value is -3.39. The zero-order valence-corrected chi connectivity index (χ0v) is 19.2. The van der Waals surface area contributed by atoms with Gasteiger partial charge in [0.1, 0.15) is 12.6 Å². The second-order valence-electron chi connectivity index (χ2n) is 8.72. The summed E-state index contributed by atoms with van der Waals surface area (Å²) < 4.78 is 10.9. The predicted molar refractivity (Wildman–Crippen MR) is 125 cm³/mol. The van der Waals surface area contributed by atoms with Gasteiger partial charge in [-0.05, 0) is 41.5 Å². The molecule has 4 rings (SSSR count). The number of nitrogens with zero attached hydrogens (tertiary/aromatic N) is 1. The lowest BCUT2D eigenvalue weighted by molar-refractivity contribution is -0.138. The molecule has 1 atom stereocenters. The van der Waals surface area contributed by atoms with Gasteiger partial charge in [0.05, 0.1) is 6.10 Å². The lowest BCUT2D eigenvalue weighted by atomic mass is 9.98. The fraction of sp³-hybridized carbons (Fsp3) is 0.423. The van der Waals surface area contributed by atoms with Crippen LogP contribution in [0.3, 0.4) is 0 Å². The van der Waals surface area contributed by atoms with E-state index in [2.05, 4.69) is 17.4 Å². The zero-order valence-electron chi connectivity index (χ0n) is 19.2. The average Bonchev–Trinajstić information content (AvgIpc) is 3.18. The van der Waals surface area contributed by atoms with Crippen LogP contribution in [0.15, 0.2) is 48.5 Å². The van der Waals surface area contributed by atoms with E-state index >= 15 is 0 Å². The summed E-state index contributed by atoms with van der Waals surface area (Å²) in [4.78, 5) is 38.5. The molecule has 1 unspecified atom stereocenters. The molecule has 2 aromatic carbocycles. The van der Waals surface area contributed by atoms with E-state index in [4.69, 9.17) is 14.6 Å². The average molecular weight is 467 g/mol. The Morgan fingerprint density at radius 1 is 1.03 bits per heavy atom. The number of nitrogens with one attached hydrogen (secondary N) is 1. The van der Waals surface area contributed by atoms with Gasteiger partial charge in [0.2, 0.25) is 5.91 Å². The van der Waals surface area contributed by atoms with Gasteiger partial charge in [0.15, 0.2) is 0 Å². The molecule has 1 fully saturated rings. The molecule has 1 saturated heterocycles. The summed E-state index contributed by atoms with van der Waals surface area (Å²) >= 11 is 0. The normalized spacial score (nSPS) is 16.4. The molecule has 1 aliphatic heterocycles. The number of carboxylic acids is 1. The summed E-state index contributed by atoms with van der Waals surface area (Å²) in [6, 6.07) is 15.1. The summed E-state index contributed by atoms with van der Waals surface area (Å²) in [6.45, 7) is 1.14. The number of alkyl carbamates (subject to hydrolysis) is 1. The van der Waals surface area contributed by atoms with Crippen molar-refractivity contribution in [3.8, 4) is 11.1 Å². The number of hydrogen-bond acceptors (Lipinski definition) is 5. The SMILES string of the molecule is COC1CCN(C(=O)C(CCC(=O)O)NC(=O)OCC2c3ccccc3-c3ccccc32)CC1. The van der Waals surface area contributed by atoms with Gasteiger partial charge in [-0.3, -0.25) is 9.59 Å². The first-order chi connectivity index (χ1) is 16.5. The van der Waals surface area contributed by atoms with Crippen molar-refractivity contribution in [1.82, 2.24) is 10.2 Å². The number of carboxylic acid groups (broad SMARTS) is 1. The van der Waals surface area contributed by atoms with Crippen LogP contribution in [0, 0.1) is 0 Å². The molecule has 1 aliphatic carbocycles. The summed E-state index contributed by atoms with van der Waals surface area (Å²) in [5.41, 5.74) is 4.44. The van der Waals surface area contributed by atoms with Crippen LogP contribution in [0.2, 0.25) is 0 Å². The number of aliphatic carboxylic acids is 1. The number of methoxy groups -OCH3 is 1. The molecule has 2 aliphatic rings. The van der Waals surface area contributed by atoms with Crippen LogP contribution in [-0.2, 0) is 19.1 Å². The van der Waals surface area contributed by atoms with Crippen LogP contribution >= 0.6 is 0 Å². The van der Waals surface area contributed by atoms with E-state index in [9.17, 15) is 14.4 Å². The van der Waals surface area contributed by atoms with Crippen molar-refractivity contribution >= 4 is 18.0 Å². The molecule has 180 valence electrons. The van der Waals surface area contributed by atoms with Crippen LogP contribution in [0.5, 0.6) is 0 Å². The Morgan fingerprint density at radius 3 is 2.18 bits per heavy atom. The van der Waals surface area contributed by atoms with E-state index in [1.54, 1.807) is 12.0 Å². The van der Waals surface area contributed by atoms with Gasteiger partial charge in [-0.1, -0.05) is 48.5 Å². The Morgan fingerprint density at radius 2 is 1.62 bits per heavy atom. The van der Waals surface area contributed by atoms with E-state index in [0.717, 1.165) is 22.3 Å². The van der Waals surface area contributed by atoms with Gasteiger partial charge in [-0.25, -0.2) is 4.79 Å². The van der Waals surface area contributed by atoms with Gasteiger partial charge in [-0.2, -0.15) is 0 Å². The van der Waals surface area contributed by atoms with Crippen molar-refractivity contribution in [3.05, 3.63) is 59.7 Å². The number of carbonyl (C=O) groups is 3. The first-order valence-corrected chi connectivity index (χ1v) is 11.6. The highest BCUT2D eigenvalue weighted by atomic mass is 16.5. The minimum atomic E-state index is -1.02. The minimum absolute atomic E-state index is 0.00255. The second-order valence-corrected chi connectivity index (χ2v) is 8.72. The van der Waals surface area contributed by atoms with Crippen LogP contribution < -0.4 is 5.32 Å². The zero-order chi connectivity index (χ0) is 24.1. The molecule has 1 heterocycles. The highest BCUT2D eigenvalue weighted by Gasteiger charge is 2.32. The molecule has 34 heavy (non-hydrogen) atoms. The van der Waals surface area contributed by atoms with Crippen molar-refractivity contribution in [3.63, 3.8) is 0 Å². The topological polar surface area (TPSA) is 105 Å². The number of piperidine rings is 1. The molecule has 0 radical (unpaired) electrons. The quantitative estimate of drug-likeness (QED) is 0.618. The molecule has 8 nitrogen and oxygen atoms in total. The number of amides is 2. The number of ether oxygens (including phenoxy) is 2. The summed E-state index contributed by atoms with van der Waals surface area (Å²) in [5, 5.41) is 11.7. The van der Waals surface area contributed by atoms with Crippen molar-refractivity contribution in [2.75, 3.05) is 26.8 Å². The van der Waals surface area contributed by atoms with Gasteiger partial charge in [0, 0.05) is 32.5 Å². The van der Waals surface area contributed by atoms with Gasteiger partial charge < -0.3 is 24.8 Å².